The largest absolute Gasteiger partial charge is 0.397 e. The number of rotatable bonds is 1. The maximum Gasteiger partial charge on any atom is 0.234 e. The van der Waals surface area contributed by atoms with Crippen LogP contribution in [-0.2, 0) is 9.59 Å². The minimum atomic E-state index is -0.268. The number of benzene rings is 1. The van der Waals surface area contributed by atoms with Crippen LogP contribution in [0.4, 0.5) is 11.4 Å². The first-order valence-electron chi connectivity index (χ1n) is 4.55. The molecule has 1 saturated heterocycles. The number of nitrogens with two attached hydrogens (primary N) is 1. The molecule has 0 saturated carbocycles. The number of amides is 1. The number of anilines is 2. The molecule has 0 bridgehead atoms. The minimum absolute atomic E-state index is 0.0427. The van der Waals surface area contributed by atoms with Crippen molar-refractivity contribution in [2.45, 2.75) is 6.42 Å². The Morgan fingerprint density at radius 3 is 2.38 bits per heavy atom. The summed E-state index contributed by atoms with van der Waals surface area (Å²) in [5, 5.41) is 0.624. The lowest BCUT2D eigenvalue weighted by Gasteiger charge is -2.17. The molecule has 0 unspecified atom stereocenters. The molecular formula is C10H8Cl2N2O2. The van der Waals surface area contributed by atoms with E-state index in [1.54, 1.807) is 0 Å². The van der Waals surface area contributed by atoms with Crippen LogP contribution in [0.3, 0.4) is 0 Å². The Morgan fingerprint density at radius 1 is 1.19 bits per heavy atom. The number of halogens is 2. The summed E-state index contributed by atoms with van der Waals surface area (Å²) in [6.07, 6.45) is -0.0836. The molecule has 1 fully saturated rings. The number of Topliss-reactive ketones (excluding diaryl/α,β-unsaturated/α-hetero) is 1. The highest BCUT2D eigenvalue weighted by Crippen LogP contribution is 2.34. The molecule has 4 nitrogen and oxygen atoms in total. The summed E-state index contributed by atoms with van der Waals surface area (Å²) in [7, 11) is 0. The SMILES string of the molecule is Nc1cc(Cl)c(Cl)cc1N1CC(=O)CC1=O. The second-order valence-electron chi connectivity index (χ2n) is 3.52. The van der Waals surface area contributed by atoms with Gasteiger partial charge < -0.3 is 10.6 Å². The number of nitrogens with zero attached hydrogens (tertiary/aromatic N) is 1. The van der Waals surface area contributed by atoms with Crippen molar-refractivity contribution in [1.82, 2.24) is 0 Å². The average molecular weight is 259 g/mol. The van der Waals surface area contributed by atoms with Crippen LogP contribution in [0.15, 0.2) is 12.1 Å². The Kier molecular flexibility index (Phi) is 2.78. The highest BCUT2D eigenvalue weighted by molar-refractivity contribution is 6.42. The molecule has 6 heteroatoms. The lowest BCUT2D eigenvalue weighted by Crippen LogP contribution is -2.25. The number of ketones is 1. The van der Waals surface area contributed by atoms with Gasteiger partial charge in [0.15, 0.2) is 5.78 Å². The van der Waals surface area contributed by atoms with Crippen LogP contribution in [0.1, 0.15) is 6.42 Å². The molecule has 0 aromatic heterocycles. The van der Waals surface area contributed by atoms with Crippen LogP contribution in [0.2, 0.25) is 10.0 Å². The monoisotopic (exact) mass is 258 g/mol. The molecule has 1 aromatic carbocycles. The Bertz CT molecular complexity index is 488. The topological polar surface area (TPSA) is 63.4 Å². The molecule has 16 heavy (non-hydrogen) atoms. The molecule has 1 aliphatic heterocycles. The van der Waals surface area contributed by atoms with Crippen molar-refractivity contribution in [2.75, 3.05) is 17.2 Å². The predicted molar refractivity (Wildman–Crippen MR) is 62.9 cm³/mol. The fourth-order valence-corrected chi connectivity index (χ4v) is 1.92. The van der Waals surface area contributed by atoms with Gasteiger partial charge in [0.1, 0.15) is 0 Å². The second-order valence-corrected chi connectivity index (χ2v) is 4.33. The van der Waals surface area contributed by atoms with Crippen molar-refractivity contribution < 1.29 is 9.59 Å². The van der Waals surface area contributed by atoms with Gasteiger partial charge in [0.2, 0.25) is 5.91 Å². The van der Waals surface area contributed by atoms with Crippen LogP contribution >= 0.6 is 23.2 Å². The summed E-state index contributed by atoms with van der Waals surface area (Å²) in [6, 6.07) is 2.96. The lowest BCUT2D eigenvalue weighted by atomic mass is 10.2. The Morgan fingerprint density at radius 2 is 1.81 bits per heavy atom. The van der Waals surface area contributed by atoms with Crippen molar-refractivity contribution in [2.24, 2.45) is 0 Å². The normalized spacial score (nSPS) is 16.0. The van der Waals surface area contributed by atoms with E-state index in [9.17, 15) is 9.59 Å². The van der Waals surface area contributed by atoms with E-state index in [1.165, 1.54) is 17.0 Å². The van der Waals surface area contributed by atoms with Gasteiger partial charge in [0.25, 0.3) is 0 Å². The first kappa shape index (κ1) is 11.2. The predicted octanol–water partition coefficient (Wildman–Crippen LogP) is 1.88. The van der Waals surface area contributed by atoms with E-state index in [4.69, 9.17) is 28.9 Å². The Balaban J connectivity index is 2.45. The van der Waals surface area contributed by atoms with Gasteiger partial charge >= 0.3 is 0 Å². The second kappa shape index (κ2) is 3.96. The summed E-state index contributed by atoms with van der Waals surface area (Å²) in [5.41, 5.74) is 6.50. The zero-order chi connectivity index (χ0) is 11.9. The van der Waals surface area contributed by atoms with Gasteiger partial charge in [-0.1, -0.05) is 23.2 Å². The molecule has 1 heterocycles. The quantitative estimate of drug-likeness (QED) is 0.618. The van der Waals surface area contributed by atoms with Crippen molar-refractivity contribution in [3.8, 4) is 0 Å². The molecule has 84 valence electrons. The van der Waals surface area contributed by atoms with Gasteiger partial charge in [0, 0.05) is 0 Å². The molecule has 0 radical (unpaired) electrons. The first-order valence-corrected chi connectivity index (χ1v) is 5.31. The third kappa shape index (κ3) is 1.86. The molecule has 1 amide bonds. The highest BCUT2D eigenvalue weighted by atomic mass is 35.5. The molecule has 0 spiro atoms. The maximum atomic E-state index is 11.5. The zero-order valence-corrected chi connectivity index (χ0v) is 9.68. The maximum absolute atomic E-state index is 11.5. The van der Waals surface area contributed by atoms with Gasteiger partial charge in [-0.15, -0.1) is 0 Å². The van der Waals surface area contributed by atoms with Crippen molar-refractivity contribution >= 4 is 46.3 Å². The molecule has 1 aliphatic rings. The van der Waals surface area contributed by atoms with E-state index in [2.05, 4.69) is 0 Å². The van der Waals surface area contributed by atoms with Gasteiger partial charge in [-0.25, -0.2) is 0 Å². The number of carbonyl (C=O) groups excluding carboxylic acids is 2. The van der Waals surface area contributed by atoms with Gasteiger partial charge in [-0.3, -0.25) is 9.59 Å². The van der Waals surface area contributed by atoms with E-state index < -0.39 is 0 Å². The highest BCUT2D eigenvalue weighted by Gasteiger charge is 2.30. The number of hydrogen-bond acceptors (Lipinski definition) is 3. The summed E-state index contributed by atoms with van der Waals surface area (Å²) in [5.74, 6) is -0.398. The number of nitrogen functional groups attached to an aromatic ring is 1. The van der Waals surface area contributed by atoms with Gasteiger partial charge in [0.05, 0.1) is 34.4 Å². The smallest absolute Gasteiger partial charge is 0.234 e. The van der Waals surface area contributed by atoms with Gasteiger partial charge in [-0.2, -0.15) is 0 Å². The van der Waals surface area contributed by atoms with Crippen LogP contribution in [0.25, 0.3) is 0 Å². The van der Waals surface area contributed by atoms with Crippen molar-refractivity contribution in [3.63, 3.8) is 0 Å². The average Bonchev–Trinajstić information content (AvgIpc) is 2.51. The summed E-state index contributed by atoms with van der Waals surface area (Å²) in [6.45, 7) is 0.0427. The van der Waals surface area contributed by atoms with Crippen LogP contribution in [-0.4, -0.2) is 18.2 Å². The van der Waals surface area contributed by atoms with E-state index in [1.807, 2.05) is 0 Å². The van der Waals surface area contributed by atoms with Crippen LogP contribution < -0.4 is 10.6 Å². The summed E-state index contributed by atoms with van der Waals surface area (Å²) >= 11 is 11.6. The number of carbonyl (C=O) groups is 2. The fraction of sp³-hybridized carbons (Fsp3) is 0.200. The van der Waals surface area contributed by atoms with Crippen LogP contribution in [0.5, 0.6) is 0 Å². The van der Waals surface area contributed by atoms with Crippen molar-refractivity contribution in [3.05, 3.63) is 22.2 Å². The number of hydrogen-bond donors (Lipinski definition) is 1. The van der Waals surface area contributed by atoms with E-state index in [-0.39, 0.29) is 24.7 Å². The van der Waals surface area contributed by atoms with Crippen LogP contribution in [0, 0.1) is 0 Å². The van der Waals surface area contributed by atoms with Gasteiger partial charge in [-0.05, 0) is 12.1 Å². The van der Waals surface area contributed by atoms with E-state index in [0.29, 0.717) is 21.4 Å². The lowest BCUT2D eigenvalue weighted by molar-refractivity contribution is -0.121. The molecular weight excluding hydrogens is 251 g/mol. The summed E-state index contributed by atoms with van der Waals surface area (Å²) < 4.78 is 0. The molecule has 0 atom stereocenters. The van der Waals surface area contributed by atoms with E-state index in [0.717, 1.165) is 0 Å². The Labute approximate surface area is 102 Å². The third-order valence-electron chi connectivity index (χ3n) is 2.34. The Hall–Kier alpha value is -1.26. The fourth-order valence-electron chi connectivity index (χ4n) is 1.59. The van der Waals surface area contributed by atoms with E-state index >= 15 is 0 Å². The molecule has 0 aliphatic carbocycles. The molecule has 1 aromatic rings. The molecule has 2 rings (SSSR count). The van der Waals surface area contributed by atoms with Crippen molar-refractivity contribution in [1.29, 1.82) is 0 Å². The standard InChI is InChI=1S/C10H8Cl2N2O2/c11-6-2-8(13)9(3-7(6)12)14-4-5(15)1-10(14)16/h2-3H,1,4,13H2. The zero-order valence-electron chi connectivity index (χ0n) is 8.17. The third-order valence-corrected chi connectivity index (χ3v) is 3.07. The first-order chi connectivity index (χ1) is 7.49. The summed E-state index contributed by atoms with van der Waals surface area (Å²) in [4.78, 5) is 24.0. The minimum Gasteiger partial charge on any atom is -0.397 e. The molecule has 2 N–H and O–H groups in total.